The third-order valence-corrected chi connectivity index (χ3v) is 3.11. The Kier molecular flexibility index (Phi) is 4.85. The Bertz CT molecular complexity index is 157. The van der Waals surface area contributed by atoms with Gasteiger partial charge >= 0.3 is 0 Å². The zero-order valence-corrected chi connectivity index (χ0v) is 9.66. The first-order valence-electron chi connectivity index (χ1n) is 5.65. The van der Waals surface area contributed by atoms with Crippen LogP contribution in [0.25, 0.3) is 0 Å². The summed E-state index contributed by atoms with van der Waals surface area (Å²) >= 11 is 0. The van der Waals surface area contributed by atoms with Gasteiger partial charge in [-0.3, -0.25) is 0 Å². The molecule has 3 heteroatoms. The summed E-state index contributed by atoms with van der Waals surface area (Å²) in [6.45, 7) is 3.69. The third-order valence-electron chi connectivity index (χ3n) is 3.11. The highest BCUT2D eigenvalue weighted by molar-refractivity contribution is 4.80. The lowest BCUT2D eigenvalue weighted by Crippen LogP contribution is -2.43. The predicted molar refractivity (Wildman–Crippen MR) is 59.4 cm³/mol. The number of hydrogen-bond donors (Lipinski definition) is 2. The fourth-order valence-electron chi connectivity index (χ4n) is 1.91. The van der Waals surface area contributed by atoms with E-state index in [0.29, 0.717) is 6.04 Å². The Morgan fingerprint density at radius 3 is 2.50 bits per heavy atom. The van der Waals surface area contributed by atoms with Gasteiger partial charge in [0.05, 0.1) is 6.10 Å². The molecule has 84 valence electrons. The Morgan fingerprint density at radius 2 is 2.07 bits per heavy atom. The van der Waals surface area contributed by atoms with Gasteiger partial charge in [0.2, 0.25) is 0 Å². The molecule has 2 atom stereocenters. The highest BCUT2D eigenvalue weighted by Crippen LogP contribution is 2.29. The van der Waals surface area contributed by atoms with E-state index in [-0.39, 0.29) is 6.10 Å². The van der Waals surface area contributed by atoms with E-state index >= 15 is 0 Å². The zero-order chi connectivity index (χ0) is 10.6. The average Bonchev–Trinajstić information content (AvgIpc) is 1.96. The van der Waals surface area contributed by atoms with Gasteiger partial charge in [-0.2, -0.15) is 0 Å². The maximum absolute atomic E-state index is 9.64. The zero-order valence-electron chi connectivity index (χ0n) is 9.66. The van der Waals surface area contributed by atoms with Crippen LogP contribution in [0.2, 0.25) is 0 Å². The van der Waals surface area contributed by atoms with Crippen molar-refractivity contribution in [3.8, 4) is 0 Å². The van der Waals surface area contributed by atoms with E-state index in [1.54, 1.807) is 0 Å². The minimum Gasteiger partial charge on any atom is -0.390 e. The summed E-state index contributed by atoms with van der Waals surface area (Å²) in [4.78, 5) is 2.01. The molecule has 1 aliphatic carbocycles. The van der Waals surface area contributed by atoms with Crippen LogP contribution in [0.3, 0.4) is 0 Å². The first-order valence-corrected chi connectivity index (χ1v) is 5.65. The Labute approximate surface area is 87.5 Å². The van der Waals surface area contributed by atoms with Gasteiger partial charge in [-0.1, -0.05) is 6.42 Å². The molecule has 1 aliphatic rings. The fourth-order valence-corrected chi connectivity index (χ4v) is 1.91. The normalized spacial score (nSPS) is 22.1. The lowest BCUT2D eigenvalue weighted by molar-refractivity contribution is 0.123. The number of rotatable bonds is 6. The van der Waals surface area contributed by atoms with Crippen molar-refractivity contribution in [1.82, 2.24) is 10.2 Å². The summed E-state index contributed by atoms with van der Waals surface area (Å²) in [5, 5.41) is 13.0. The molecule has 0 spiro atoms. The van der Waals surface area contributed by atoms with E-state index in [1.807, 2.05) is 19.0 Å². The second kappa shape index (κ2) is 5.69. The van der Waals surface area contributed by atoms with Crippen molar-refractivity contribution >= 4 is 0 Å². The largest absolute Gasteiger partial charge is 0.390 e. The van der Waals surface area contributed by atoms with Crippen LogP contribution in [0.1, 0.15) is 26.2 Å². The lowest BCUT2D eigenvalue weighted by Gasteiger charge is -2.32. The van der Waals surface area contributed by atoms with Crippen LogP contribution in [0.4, 0.5) is 0 Å². The standard InChI is InChI=1S/C11H24N2O/c1-9(10-5-4-6-10)12-7-11(14)8-13(2)3/h9-12,14H,4-8H2,1-3H3. The number of nitrogens with one attached hydrogen (secondary N) is 1. The summed E-state index contributed by atoms with van der Waals surface area (Å²) in [7, 11) is 3.97. The summed E-state index contributed by atoms with van der Waals surface area (Å²) in [6, 6.07) is 0.570. The topological polar surface area (TPSA) is 35.5 Å². The van der Waals surface area contributed by atoms with Crippen LogP contribution in [0.15, 0.2) is 0 Å². The third kappa shape index (κ3) is 3.95. The molecule has 3 nitrogen and oxygen atoms in total. The van der Waals surface area contributed by atoms with Crippen LogP contribution in [0, 0.1) is 5.92 Å². The quantitative estimate of drug-likeness (QED) is 0.662. The summed E-state index contributed by atoms with van der Waals surface area (Å²) in [5.41, 5.74) is 0. The molecule has 0 saturated heterocycles. The molecule has 0 radical (unpaired) electrons. The Hall–Kier alpha value is -0.120. The minimum atomic E-state index is -0.243. The van der Waals surface area contributed by atoms with Gasteiger partial charge in [-0.05, 0) is 39.8 Å². The second-order valence-electron chi connectivity index (χ2n) is 4.80. The molecule has 0 aliphatic heterocycles. The molecule has 0 bridgehead atoms. The second-order valence-corrected chi connectivity index (χ2v) is 4.80. The minimum absolute atomic E-state index is 0.243. The molecular formula is C11H24N2O. The smallest absolute Gasteiger partial charge is 0.0791 e. The van der Waals surface area contributed by atoms with E-state index in [9.17, 15) is 5.11 Å². The summed E-state index contributed by atoms with van der Waals surface area (Å²) in [5.74, 6) is 0.849. The first kappa shape index (κ1) is 12.0. The molecule has 0 amide bonds. The molecule has 0 aromatic rings. The van der Waals surface area contributed by atoms with Gasteiger partial charge in [-0.15, -0.1) is 0 Å². The number of hydrogen-bond acceptors (Lipinski definition) is 3. The van der Waals surface area contributed by atoms with Crippen molar-refractivity contribution in [3.63, 3.8) is 0 Å². The molecule has 2 unspecified atom stereocenters. The maximum Gasteiger partial charge on any atom is 0.0791 e. The number of aliphatic hydroxyl groups excluding tert-OH is 1. The molecule has 1 saturated carbocycles. The van der Waals surface area contributed by atoms with Crippen LogP contribution in [0.5, 0.6) is 0 Å². The summed E-state index contributed by atoms with van der Waals surface area (Å²) < 4.78 is 0. The lowest BCUT2D eigenvalue weighted by atomic mass is 9.80. The van der Waals surface area contributed by atoms with Gasteiger partial charge in [-0.25, -0.2) is 0 Å². The fraction of sp³-hybridized carbons (Fsp3) is 1.00. The van der Waals surface area contributed by atoms with Crippen molar-refractivity contribution < 1.29 is 5.11 Å². The van der Waals surface area contributed by atoms with Gasteiger partial charge < -0.3 is 15.3 Å². The highest BCUT2D eigenvalue weighted by atomic mass is 16.3. The SMILES string of the molecule is CC(NCC(O)CN(C)C)C1CCC1. The molecule has 0 aromatic carbocycles. The van der Waals surface area contributed by atoms with Crippen molar-refractivity contribution in [2.24, 2.45) is 5.92 Å². The van der Waals surface area contributed by atoms with Crippen molar-refractivity contribution in [2.75, 3.05) is 27.2 Å². The molecule has 0 heterocycles. The van der Waals surface area contributed by atoms with Gasteiger partial charge in [0.1, 0.15) is 0 Å². The molecule has 1 rings (SSSR count). The van der Waals surface area contributed by atoms with E-state index < -0.39 is 0 Å². The predicted octanol–water partition coefficient (Wildman–Crippen LogP) is 0.687. The number of likely N-dealkylation sites (N-methyl/N-ethyl adjacent to an activating group) is 1. The van der Waals surface area contributed by atoms with E-state index in [2.05, 4.69) is 12.2 Å². The molecule has 2 N–H and O–H groups in total. The van der Waals surface area contributed by atoms with Crippen LogP contribution in [-0.2, 0) is 0 Å². The average molecular weight is 200 g/mol. The van der Waals surface area contributed by atoms with Crippen LogP contribution >= 0.6 is 0 Å². The van der Waals surface area contributed by atoms with Crippen LogP contribution in [-0.4, -0.2) is 49.3 Å². The molecule has 0 aromatic heterocycles. The summed E-state index contributed by atoms with van der Waals surface area (Å²) in [6.07, 6.45) is 3.86. The Morgan fingerprint density at radius 1 is 1.43 bits per heavy atom. The Balaban J connectivity index is 2.06. The van der Waals surface area contributed by atoms with Crippen molar-refractivity contribution in [1.29, 1.82) is 0 Å². The van der Waals surface area contributed by atoms with Gasteiger partial charge in [0, 0.05) is 19.1 Å². The number of aliphatic hydroxyl groups is 1. The van der Waals surface area contributed by atoms with Crippen LogP contribution < -0.4 is 5.32 Å². The van der Waals surface area contributed by atoms with E-state index in [4.69, 9.17) is 0 Å². The van der Waals surface area contributed by atoms with Gasteiger partial charge in [0.25, 0.3) is 0 Å². The van der Waals surface area contributed by atoms with Crippen molar-refractivity contribution in [2.45, 2.75) is 38.3 Å². The van der Waals surface area contributed by atoms with Crippen molar-refractivity contribution in [3.05, 3.63) is 0 Å². The van der Waals surface area contributed by atoms with E-state index in [1.165, 1.54) is 19.3 Å². The number of nitrogens with zero attached hydrogens (tertiary/aromatic N) is 1. The van der Waals surface area contributed by atoms with E-state index in [0.717, 1.165) is 19.0 Å². The monoisotopic (exact) mass is 200 g/mol. The first-order chi connectivity index (χ1) is 6.59. The molecular weight excluding hydrogens is 176 g/mol. The molecule has 14 heavy (non-hydrogen) atoms. The van der Waals surface area contributed by atoms with Gasteiger partial charge in [0.15, 0.2) is 0 Å². The highest BCUT2D eigenvalue weighted by Gasteiger charge is 2.23. The molecule has 1 fully saturated rings. The maximum atomic E-state index is 9.64.